The molecule has 0 aliphatic carbocycles. The predicted molar refractivity (Wildman–Crippen MR) is 102 cm³/mol. The van der Waals surface area contributed by atoms with E-state index in [-0.39, 0.29) is 5.75 Å². The van der Waals surface area contributed by atoms with Gasteiger partial charge in [0.1, 0.15) is 5.75 Å². The second-order valence-corrected chi connectivity index (χ2v) is 6.39. The van der Waals surface area contributed by atoms with E-state index in [1.807, 2.05) is 12.1 Å². The van der Waals surface area contributed by atoms with Crippen LogP contribution >= 0.6 is 11.3 Å². The van der Waals surface area contributed by atoms with Crippen molar-refractivity contribution in [3.05, 3.63) is 64.3 Å². The van der Waals surface area contributed by atoms with E-state index in [9.17, 15) is 9.90 Å². The van der Waals surface area contributed by atoms with Gasteiger partial charge in [0.05, 0.1) is 18.4 Å². The molecule has 2 aromatic heterocycles. The Bertz CT molecular complexity index is 1130. The molecule has 6 nitrogen and oxygen atoms in total. The zero-order chi connectivity index (χ0) is 18.1. The van der Waals surface area contributed by atoms with Gasteiger partial charge in [-0.3, -0.25) is 0 Å². The highest BCUT2D eigenvalue weighted by molar-refractivity contribution is 7.14. The van der Waals surface area contributed by atoms with E-state index >= 15 is 0 Å². The van der Waals surface area contributed by atoms with Gasteiger partial charge in [-0.2, -0.15) is 0 Å². The van der Waals surface area contributed by atoms with E-state index in [0.717, 1.165) is 11.1 Å². The maximum atomic E-state index is 12.4. The fraction of sp³-hybridized carbons (Fsp3) is 0.0526. The van der Waals surface area contributed by atoms with Crippen molar-refractivity contribution in [1.82, 2.24) is 4.98 Å². The van der Waals surface area contributed by atoms with Gasteiger partial charge in [0.15, 0.2) is 16.5 Å². The summed E-state index contributed by atoms with van der Waals surface area (Å²) in [6.07, 6.45) is 0. The van der Waals surface area contributed by atoms with Gasteiger partial charge in [0.2, 0.25) is 0 Å². The second-order valence-electron chi connectivity index (χ2n) is 5.54. The first-order valence-corrected chi connectivity index (χ1v) is 8.65. The Morgan fingerprint density at radius 3 is 2.77 bits per heavy atom. The van der Waals surface area contributed by atoms with Crippen LogP contribution in [0.2, 0.25) is 0 Å². The van der Waals surface area contributed by atoms with Crippen molar-refractivity contribution in [2.24, 2.45) is 0 Å². The Hall–Kier alpha value is -3.32. The summed E-state index contributed by atoms with van der Waals surface area (Å²) in [4.78, 5) is 16.9. The first-order chi connectivity index (χ1) is 12.6. The molecule has 2 N–H and O–H groups in total. The van der Waals surface area contributed by atoms with Crippen LogP contribution in [-0.4, -0.2) is 17.2 Å². The zero-order valence-electron chi connectivity index (χ0n) is 13.7. The molecule has 0 saturated carbocycles. The lowest BCUT2D eigenvalue weighted by molar-refractivity contribution is 0.407. The number of ether oxygens (including phenoxy) is 1. The number of hydrogen-bond acceptors (Lipinski definition) is 7. The summed E-state index contributed by atoms with van der Waals surface area (Å²) < 4.78 is 10.7. The first-order valence-electron chi connectivity index (χ1n) is 7.77. The summed E-state index contributed by atoms with van der Waals surface area (Å²) in [7, 11) is 1.53. The molecule has 0 radical (unpaired) electrons. The highest BCUT2D eigenvalue weighted by Crippen LogP contribution is 2.30. The second kappa shape index (κ2) is 6.53. The van der Waals surface area contributed by atoms with Gasteiger partial charge in [-0.25, -0.2) is 9.78 Å². The number of thiazole rings is 1. The van der Waals surface area contributed by atoms with E-state index in [4.69, 9.17) is 9.15 Å². The number of nitrogens with one attached hydrogen (secondary N) is 1. The summed E-state index contributed by atoms with van der Waals surface area (Å²) in [6.45, 7) is 0. The number of fused-ring (bicyclic) bond motifs is 1. The van der Waals surface area contributed by atoms with E-state index in [1.165, 1.54) is 18.4 Å². The third kappa shape index (κ3) is 3.00. The molecule has 130 valence electrons. The van der Waals surface area contributed by atoms with Crippen LogP contribution in [-0.2, 0) is 0 Å². The molecule has 0 atom stereocenters. The number of para-hydroxylation sites is 1. The van der Waals surface area contributed by atoms with Crippen molar-refractivity contribution < 1.29 is 14.3 Å². The highest BCUT2D eigenvalue weighted by atomic mass is 32.1. The van der Waals surface area contributed by atoms with E-state index < -0.39 is 5.63 Å². The number of hydrogen-bond donors (Lipinski definition) is 2. The minimum absolute atomic E-state index is 0.194. The van der Waals surface area contributed by atoms with Gasteiger partial charge in [0, 0.05) is 16.5 Å². The van der Waals surface area contributed by atoms with Crippen LogP contribution in [0.15, 0.2) is 63.1 Å². The summed E-state index contributed by atoms with van der Waals surface area (Å²) in [6, 6.07) is 13.8. The number of phenols is 1. The molecule has 2 heterocycles. The third-order valence-electron chi connectivity index (χ3n) is 3.84. The van der Waals surface area contributed by atoms with Crippen molar-refractivity contribution in [3.63, 3.8) is 0 Å². The molecule has 0 spiro atoms. The van der Waals surface area contributed by atoms with Gasteiger partial charge < -0.3 is 19.6 Å². The lowest BCUT2D eigenvalue weighted by Gasteiger charge is -2.04. The van der Waals surface area contributed by atoms with Crippen LogP contribution in [0.4, 0.5) is 10.8 Å². The molecule has 4 rings (SSSR count). The normalized spacial score (nSPS) is 10.8. The summed E-state index contributed by atoms with van der Waals surface area (Å²) in [5.41, 5.74) is 1.67. The van der Waals surface area contributed by atoms with Gasteiger partial charge >= 0.3 is 5.63 Å². The molecule has 0 amide bonds. The molecular formula is C19H14N2O4S. The lowest BCUT2D eigenvalue weighted by atomic mass is 10.1. The summed E-state index contributed by atoms with van der Waals surface area (Å²) >= 11 is 1.38. The van der Waals surface area contributed by atoms with Crippen molar-refractivity contribution >= 4 is 33.1 Å². The van der Waals surface area contributed by atoms with Crippen molar-refractivity contribution in [3.8, 4) is 22.8 Å². The highest BCUT2D eigenvalue weighted by Gasteiger charge is 2.13. The maximum Gasteiger partial charge on any atom is 0.345 e. The number of anilines is 2. The fourth-order valence-electron chi connectivity index (χ4n) is 2.58. The molecule has 0 aliphatic rings. The standard InChI is InChI=1S/C19H14N2O4S/c1-24-16-4-2-3-11-9-14(18(23)25-17(11)16)15-10-26-19(21-15)20-12-5-7-13(22)8-6-12/h2-10,22H,1H3,(H,20,21). The van der Waals surface area contributed by atoms with Gasteiger partial charge in [0.25, 0.3) is 0 Å². The van der Waals surface area contributed by atoms with E-state index in [2.05, 4.69) is 10.3 Å². The SMILES string of the molecule is COc1cccc2cc(-c3csc(Nc4ccc(O)cc4)n3)c(=O)oc12. The smallest absolute Gasteiger partial charge is 0.345 e. The number of rotatable bonds is 4. The van der Waals surface area contributed by atoms with E-state index in [0.29, 0.717) is 27.7 Å². The van der Waals surface area contributed by atoms with Crippen molar-refractivity contribution in [1.29, 1.82) is 0 Å². The molecule has 4 aromatic rings. The Balaban J connectivity index is 1.70. The lowest BCUT2D eigenvalue weighted by Crippen LogP contribution is -2.03. The molecule has 0 aliphatic heterocycles. The number of methoxy groups -OCH3 is 1. The molecular weight excluding hydrogens is 352 g/mol. The van der Waals surface area contributed by atoms with Crippen LogP contribution in [0.1, 0.15) is 0 Å². The quantitative estimate of drug-likeness (QED) is 0.412. The molecule has 0 fully saturated rings. The molecule has 0 unspecified atom stereocenters. The summed E-state index contributed by atoms with van der Waals surface area (Å²) in [5.74, 6) is 0.707. The van der Waals surface area contributed by atoms with Crippen LogP contribution < -0.4 is 15.7 Å². The topological polar surface area (TPSA) is 84.6 Å². The number of phenolic OH excluding ortho intramolecular Hbond substituents is 1. The average molecular weight is 366 g/mol. The molecule has 0 bridgehead atoms. The minimum Gasteiger partial charge on any atom is -0.508 e. The Morgan fingerprint density at radius 2 is 2.00 bits per heavy atom. The molecule has 0 saturated heterocycles. The summed E-state index contributed by atoms with van der Waals surface area (Å²) in [5, 5.41) is 15.7. The van der Waals surface area contributed by atoms with Crippen LogP contribution in [0.25, 0.3) is 22.2 Å². The molecule has 2 aromatic carbocycles. The van der Waals surface area contributed by atoms with Crippen molar-refractivity contribution in [2.45, 2.75) is 0 Å². The maximum absolute atomic E-state index is 12.4. The van der Waals surface area contributed by atoms with Crippen molar-refractivity contribution in [2.75, 3.05) is 12.4 Å². The van der Waals surface area contributed by atoms with Gasteiger partial charge in [-0.1, -0.05) is 12.1 Å². The van der Waals surface area contributed by atoms with E-state index in [1.54, 1.807) is 41.8 Å². The monoisotopic (exact) mass is 366 g/mol. The first kappa shape index (κ1) is 16.2. The largest absolute Gasteiger partial charge is 0.508 e. The average Bonchev–Trinajstić information content (AvgIpc) is 3.11. The van der Waals surface area contributed by atoms with Crippen LogP contribution in [0.5, 0.6) is 11.5 Å². The molecule has 26 heavy (non-hydrogen) atoms. The number of nitrogens with zero attached hydrogens (tertiary/aromatic N) is 1. The Labute approximate surface area is 152 Å². The third-order valence-corrected chi connectivity index (χ3v) is 4.60. The predicted octanol–water partition coefficient (Wildman–Crippen LogP) is 4.37. The van der Waals surface area contributed by atoms with Crippen LogP contribution in [0.3, 0.4) is 0 Å². The Morgan fingerprint density at radius 1 is 1.19 bits per heavy atom. The van der Waals surface area contributed by atoms with Gasteiger partial charge in [-0.05, 0) is 36.4 Å². The molecule has 7 heteroatoms. The number of aromatic hydroxyl groups is 1. The number of aromatic nitrogens is 1. The number of benzene rings is 2. The minimum atomic E-state index is -0.469. The fourth-order valence-corrected chi connectivity index (χ4v) is 3.31. The Kier molecular flexibility index (Phi) is 4.06. The van der Waals surface area contributed by atoms with Gasteiger partial charge in [-0.15, -0.1) is 11.3 Å². The van der Waals surface area contributed by atoms with Crippen LogP contribution in [0, 0.1) is 0 Å². The zero-order valence-corrected chi connectivity index (χ0v) is 14.5.